The summed E-state index contributed by atoms with van der Waals surface area (Å²) in [4.78, 5) is 17.3. The molecule has 11 heteroatoms. The first-order valence-corrected chi connectivity index (χ1v) is 12.0. The van der Waals surface area contributed by atoms with Crippen molar-refractivity contribution in [2.24, 2.45) is 5.92 Å². The van der Waals surface area contributed by atoms with E-state index in [1.54, 1.807) is 6.07 Å². The summed E-state index contributed by atoms with van der Waals surface area (Å²) in [6.07, 6.45) is -1.06. The van der Waals surface area contributed by atoms with Gasteiger partial charge in [-0.2, -0.15) is 17.7 Å². The van der Waals surface area contributed by atoms with Crippen molar-refractivity contribution in [3.05, 3.63) is 53.9 Å². The van der Waals surface area contributed by atoms with E-state index in [4.69, 9.17) is 0 Å². The fourth-order valence-corrected chi connectivity index (χ4v) is 5.02. The number of benzene rings is 1. The van der Waals surface area contributed by atoms with Gasteiger partial charge in [0.15, 0.2) is 5.65 Å². The van der Waals surface area contributed by atoms with Crippen LogP contribution in [0.25, 0.3) is 5.65 Å². The fraction of sp³-hybridized carbons (Fsp3) is 0.500. The predicted molar refractivity (Wildman–Crippen MR) is 124 cm³/mol. The summed E-state index contributed by atoms with van der Waals surface area (Å²) in [5.41, 5.74) is 1.25. The van der Waals surface area contributed by atoms with Crippen LogP contribution >= 0.6 is 0 Å². The highest BCUT2D eigenvalue weighted by molar-refractivity contribution is 5.79. The molecule has 0 radical (unpaired) electrons. The third kappa shape index (κ3) is 5.09. The molecule has 2 saturated heterocycles. The molecule has 0 saturated carbocycles. The van der Waals surface area contributed by atoms with E-state index in [-0.39, 0.29) is 23.5 Å². The van der Waals surface area contributed by atoms with Crippen LogP contribution in [-0.4, -0.2) is 63.3 Å². The summed E-state index contributed by atoms with van der Waals surface area (Å²) in [7, 11) is 0. The number of likely N-dealkylation sites (tertiary alicyclic amines) is 1. The number of piperidine rings is 1. The van der Waals surface area contributed by atoms with Crippen LogP contribution in [0.15, 0.2) is 42.5 Å². The Hall–Kier alpha value is -3.21. The van der Waals surface area contributed by atoms with Crippen molar-refractivity contribution in [3.8, 4) is 0 Å². The Bertz CT molecular complexity index is 1150. The molecule has 2 aliphatic rings. The molecule has 1 atom stereocenters. The van der Waals surface area contributed by atoms with Gasteiger partial charge in [-0.05, 0) is 56.5 Å². The Labute approximate surface area is 201 Å². The van der Waals surface area contributed by atoms with Gasteiger partial charge in [-0.3, -0.25) is 9.69 Å². The van der Waals surface area contributed by atoms with E-state index >= 15 is 0 Å². The number of amides is 1. The van der Waals surface area contributed by atoms with E-state index in [0.717, 1.165) is 17.6 Å². The van der Waals surface area contributed by atoms with Crippen LogP contribution in [0.1, 0.15) is 43.1 Å². The Morgan fingerprint density at radius 1 is 1.00 bits per heavy atom. The molecule has 3 aromatic rings. The van der Waals surface area contributed by atoms with E-state index in [0.29, 0.717) is 38.3 Å². The van der Waals surface area contributed by atoms with Crippen LogP contribution in [-0.2, 0) is 11.0 Å². The van der Waals surface area contributed by atoms with Crippen LogP contribution in [0.2, 0.25) is 0 Å². The molecule has 186 valence electrons. The SMILES string of the molecule is O=C(NCC(c1ccccc1)N1CCCC1)C1CCN(c2ccc3nnc(C(F)(F)F)n3n2)CC1. The van der Waals surface area contributed by atoms with Gasteiger partial charge in [-0.25, -0.2) is 0 Å². The Balaban J connectivity index is 1.20. The molecule has 2 aliphatic heterocycles. The molecule has 2 fully saturated rings. The second-order valence-corrected chi connectivity index (χ2v) is 9.16. The maximum Gasteiger partial charge on any atom is 0.453 e. The van der Waals surface area contributed by atoms with Crippen molar-refractivity contribution < 1.29 is 18.0 Å². The number of nitrogens with zero attached hydrogens (tertiary/aromatic N) is 6. The van der Waals surface area contributed by atoms with Crippen molar-refractivity contribution in [1.29, 1.82) is 0 Å². The minimum absolute atomic E-state index is 0.0337. The van der Waals surface area contributed by atoms with Gasteiger partial charge in [0.05, 0.1) is 6.04 Å². The zero-order chi connectivity index (χ0) is 24.4. The number of alkyl halides is 3. The van der Waals surface area contributed by atoms with Crippen LogP contribution in [0.4, 0.5) is 19.0 Å². The van der Waals surface area contributed by atoms with E-state index in [9.17, 15) is 18.0 Å². The molecule has 35 heavy (non-hydrogen) atoms. The summed E-state index contributed by atoms with van der Waals surface area (Å²) in [6, 6.07) is 13.5. The maximum atomic E-state index is 13.2. The Kier molecular flexibility index (Phi) is 6.59. The van der Waals surface area contributed by atoms with Gasteiger partial charge in [-0.1, -0.05) is 30.3 Å². The summed E-state index contributed by atoms with van der Waals surface area (Å²) in [6.45, 7) is 3.71. The van der Waals surface area contributed by atoms with Crippen LogP contribution in [0.5, 0.6) is 0 Å². The lowest BCUT2D eigenvalue weighted by Gasteiger charge is -2.33. The van der Waals surface area contributed by atoms with E-state index in [1.165, 1.54) is 24.5 Å². The molecule has 2 aromatic heterocycles. The number of carbonyl (C=O) groups excluding carboxylic acids is 1. The van der Waals surface area contributed by atoms with Crippen LogP contribution in [0.3, 0.4) is 0 Å². The van der Waals surface area contributed by atoms with Crippen molar-refractivity contribution in [3.63, 3.8) is 0 Å². The maximum absolute atomic E-state index is 13.2. The second kappa shape index (κ2) is 9.80. The molecule has 4 heterocycles. The van der Waals surface area contributed by atoms with Crippen molar-refractivity contribution >= 4 is 17.4 Å². The molecule has 0 spiro atoms. The van der Waals surface area contributed by atoms with Gasteiger partial charge in [0.1, 0.15) is 5.82 Å². The van der Waals surface area contributed by atoms with Crippen molar-refractivity contribution in [2.75, 3.05) is 37.6 Å². The van der Waals surface area contributed by atoms with Crippen LogP contribution in [0, 0.1) is 5.92 Å². The molecular weight excluding hydrogens is 459 g/mol. The van der Waals surface area contributed by atoms with Crippen molar-refractivity contribution in [2.45, 2.75) is 37.9 Å². The number of aromatic nitrogens is 4. The number of nitrogens with one attached hydrogen (secondary N) is 1. The summed E-state index contributed by atoms with van der Waals surface area (Å²) in [5.74, 6) is -0.827. The predicted octanol–water partition coefficient (Wildman–Crippen LogP) is 3.31. The third-order valence-electron chi connectivity index (χ3n) is 6.93. The highest BCUT2D eigenvalue weighted by atomic mass is 19.4. The molecule has 8 nitrogen and oxygen atoms in total. The molecule has 0 aliphatic carbocycles. The third-order valence-corrected chi connectivity index (χ3v) is 6.93. The topological polar surface area (TPSA) is 78.7 Å². The van der Waals surface area contributed by atoms with E-state index < -0.39 is 12.0 Å². The van der Waals surface area contributed by atoms with Gasteiger partial charge >= 0.3 is 6.18 Å². The minimum atomic E-state index is -4.64. The number of fused-ring (bicyclic) bond motifs is 1. The number of anilines is 1. The first-order chi connectivity index (χ1) is 16.9. The Morgan fingerprint density at radius 2 is 1.71 bits per heavy atom. The smallest absolute Gasteiger partial charge is 0.355 e. The minimum Gasteiger partial charge on any atom is -0.355 e. The van der Waals surface area contributed by atoms with Gasteiger partial charge in [0.2, 0.25) is 5.91 Å². The number of rotatable bonds is 6. The second-order valence-electron chi connectivity index (χ2n) is 9.16. The van der Waals surface area contributed by atoms with Crippen molar-refractivity contribution in [1.82, 2.24) is 30.0 Å². The summed E-state index contributed by atoms with van der Waals surface area (Å²) < 4.78 is 40.3. The van der Waals surface area contributed by atoms with Gasteiger partial charge < -0.3 is 10.2 Å². The Morgan fingerprint density at radius 3 is 2.40 bits per heavy atom. The normalized spacial score (nSPS) is 18.8. The number of halogens is 3. The largest absolute Gasteiger partial charge is 0.453 e. The lowest BCUT2D eigenvalue weighted by molar-refractivity contribution is -0.146. The monoisotopic (exact) mass is 487 g/mol. The number of hydrogen-bond donors (Lipinski definition) is 1. The standard InChI is InChI=1S/C24H28F3N7O/c25-24(26,27)23-30-29-20-8-9-21(31-34(20)23)33-14-10-18(11-15-33)22(35)28-16-19(32-12-4-5-13-32)17-6-2-1-3-7-17/h1-3,6-9,18-19H,4-5,10-16H2,(H,28,35). The molecule has 1 aromatic carbocycles. The zero-order valence-electron chi connectivity index (χ0n) is 19.3. The lowest BCUT2D eigenvalue weighted by atomic mass is 9.95. The highest BCUT2D eigenvalue weighted by Gasteiger charge is 2.38. The average molecular weight is 488 g/mol. The fourth-order valence-electron chi connectivity index (χ4n) is 5.02. The summed E-state index contributed by atoms with van der Waals surface area (Å²) >= 11 is 0. The zero-order valence-corrected chi connectivity index (χ0v) is 19.3. The first kappa shape index (κ1) is 23.5. The number of carbonyl (C=O) groups is 1. The van der Waals surface area contributed by atoms with Gasteiger partial charge in [0, 0.05) is 25.6 Å². The van der Waals surface area contributed by atoms with Crippen LogP contribution < -0.4 is 10.2 Å². The molecule has 0 bridgehead atoms. The van der Waals surface area contributed by atoms with E-state index in [1.807, 2.05) is 23.1 Å². The van der Waals surface area contributed by atoms with E-state index in [2.05, 4.69) is 37.6 Å². The molecule has 5 rings (SSSR count). The first-order valence-electron chi connectivity index (χ1n) is 12.0. The molecule has 1 unspecified atom stereocenters. The molecule has 1 amide bonds. The molecule has 1 N–H and O–H groups in total. The highest BCUT2D eigenvalue weighted by Crippen LogP contribution is 2.29. The number of hydrogen-bond acceptors (Lipinski definition) is 6. The average Bonchev–Trinajstić information content (AvgIpc) is 3.55. The van der Waals surface area contributed by atoms with Gasteiger partial charge in [0.25, 0.3) is 5.82 Å². The molecular formula is C24H28F3N7O. The quantitative estimate of drug-likeness (QED) is 0.575. The lowest BCUT2D eigenvalue weighted by Crippen LogP contribution is -2.43. The summed E-state index contributed by atoms with van der Waals surface area (Å²) in [5, 5.41) is 14.1. The van der Waals surface area contributed by atoms with Gasteiger partial charge in [-0.15, -0.1) is 15.3 Å².